The van der Waals surface area contributed by atoms with Crippen LogP contribution in [0.1, 0.15) is 16.7 Å². The van der Waals surface area contributed by atoms with Gasteiger partial charge >= 0.3 is 12.2 Å². The standard InChI is InChI=1S/C22H28F3N5O2/c1-29-8-10-30(11-9-29)15-18-4-2-17(3-5-18)12-27-21(31)28-14-19-6-7-20(26-13-19)32-16-22(23,24)25/h2-7,13H,8-12,14-16H2,1H3,(H2,27,28,31). The number of nitrogens with one attached hydrogen (secondary N) is 2. The van der Waals surface area contributed by atoms with Gasteiger partial charge in [0.1, 0.15) is 0 Å². The SMILES string of the molecule is CN1CCN(Cc2ccc(CNC(=O)NCc3ccc(OCC(F)(F)F)nc3)cc2)CC1. The lowest BCUT2D eigenvalue weighted by atomic mass is 10.1. The highest BCUT2D eigenvalue weighted by Crippen LogP contribution is 2.17. The topological polar surface area (TPSA) is 69.7 Å². The number of rotatable bonds is 8. The van der Waals surface area contributed by atoms with Crippen molar-refractivity contribution in [2.75, 3.05) is 39.8 Å². The van der Waals surface area contributed by atoms with Crippen molar-refractivity contribution < 1.29 is 22.7 Å². The maximum atomic E-state index is 12.1. The molecule has 0 spiro atoms. The summed E-state index contributed by atoms with van der Waals surface area (Å²) >= 11 is 0. The second kappa shape index (κ2) is 11.1. The summed E-state index contributed by atoms with van der Waals surface area (Å²) in [5, 5.41) is 5.48. The Morgan fingerprint density at radius 1 is 0.969 bits per heavy atom. The molecule has 32 heavy (non-hydrogen) atoms. The maximum absolute atomic E-state index is 12.1. The summed E-state index contributed by atoms with van der Waals surface area (Å²) in [6.07, 6.45) is -3.05. The van der Waals surface area contributed by atoms with Gasteiger partial charge in [0.15, 0.2) is 6.61 Å². The summed E-state index contributed by atoms with van der Waals surface area (Å²) < 4.78 is 41.0. The third-order valence-electron chi connectivity index (χ3n) is 5.11. The predicted octanol–water partition coefficient (Wildman–Crippen LogP) is 2.77. The van der Waals surface area contributed by atoms with Crippen molar-refractivity contribution in [3.05, 3.63) is 59.3 Å². The molecular weight excluding hydrogens is 423 g/mol. The Morgan fingerprint density at radius 2 is 1.56 bits per heavy atom. The number of benzene rings is 1. The summed E-state index contributed by atoms with van der Waals surface area (Å²) in [5.74, 6) is -0.119. The molecule has 0 bridgehead atoms. The summed E-state index contributed by atoms with van der Waals surface area (Å²) in [7, 11) is 2.14. The van der Waals surface area contributed by atoms with Crippen molar-refractivity contribution in [2.45, 2.75) is 25.8 Å². The largest absolute Gasteiger partial charge is 0.468 e. The molecule has 10 heteroatoms. The number of hydrogen-bond donors (Lipinski definition) is 2. The van der Waals surface area contributed by atoms with Gasteiger partial charge in [0, 0.05) is 58.1 Å². The number of ether oxygens (including phenoxy) is 1. The van der Waals surface area contributed by atoms with Crippen molar-refractivity contribution in [3.63, 3.8) is 0 Å². The van der Waals surface area contributed by atoms with Gasteiger partial charge in [-0.1, -0.05) is 30.3 Å². The highest BCUT2D eigenvalue weighted by atomic mass is 19.4. The van der Waals surface area contributed by atoms with Crippen molar-refractivity contribution in [1.29, 1.82) is 0 Å². The first-order valence-electron chi connectivity index (χ1n) is 10.4. The molecule has 0 unspecified atom stereocenters. The van der Waals surface area contributed by atoms with Gasteiger partial charge in [0.25, 0.3) is 0 Å². The maximum Gasteiger partial charge on any atom is 0.422 e. The normalized spacial score (nSPS) is 15.4. The summed E-state index contributed by atoms with van der Waals surface area (Å²) in [6, 6.07) is 10.7. The zero-order chi connectivity index (χ0) is 23.0. The third kappa shape index (κ3) is 8.35. The molecule has 1 saturated heterocycles. The van der Waals surface area contributed by atoms with Crippen molar-refractivity contribution in [2.24, 2.45) is 0 Å². The predicted molar refractivity (Wildman–Crippen MR) is 114 cm³/mol. The van der Waals surface area contributed by atoms with Crippen LogP contribution in [0.5, 0.6) is 5.88 Å². The van der Waals surface area contributed by atoms with E-state index in [-0.39, 0.29) is 18.5 Å². The zero-order valence-electron chi connectivity index (χ0n) is 18.0. The Hall–Kier alpha value is -2.85. The molecule has 3 rings (SSSR count). The van der Waals surface area contributed by atoms with Crippen LogP contribution in [0.15, 0.2) is 42.6 Å². The molecule has 0 atom stereocenters. The zero-order valence-corrected chi connectivity index (χ0v) is 18.0. The van der Waals surface area contributed by atoms with Gasteiger partial charge in [0.05, 0.1) is 0 Å². The number of carbonyl (C=O) groups is 1. The van der Waals surface area contributed by atoms with Gasteiger partial charge in [-0.2, -0.15) is 13.2 Å². The van der Waals surface area contributed by atoms with Crippen LogP contribution in [-0.2, 0) is 19.6 Å². The van der Waals surface area contributed by atoms with Crippen molar-refractivity contribution >= 4 is 6.03 Å². The number of piperazine rings is 1. The molecule has 2 heterocycles. The monoisotopic (exact) mass is 451 g/mol. The number of aromatic nitrogens is 1. The number of hydrogen-bond acceptors (Lipinski definition) is 5. The van der Waals surface area contributed by atoms with Crippen LogP contribution >= 0.6 is 0 Å². The first-order valence-corrected chi connectivity index (χ1v) is 10.4. The van der Waals surface area contributed by atoms with E-state index in [0.717, 1.165) is 38.3 Å². The van der Waals surface area contributed by atoms with E-state index >= 15 is 0 Å². The molecule has 2 N–H and O–H groups in total. The molecule has 7 nitrogen and oxygen atoms in total. The van der Waals surface area contributed by atoms with E-state index in [4.69, 9.17) is 0 Å². The van der Waals surface area contributed by atoms with Crippen LogP contribution in [0.4, 0.5) is 18.0 Å². The minimum Gasteiger partial charge on any atom is -0.468 e. The Balaban J connectivity index is 1.35. The Kier molecular flexibility index (Phi) is 8.29. The van der Waals surface area contributed by atoms with E-state index in [1.165, 1.54) is 17.8 Å². The molecule has 174 valence electrons. The second-order valence-corrected chi connectivity index (χ2v) is 7.84. The lowest BCUT2D eigenvalue weighted by molar-refractivity contribution is -0.154. The van der Waals surface area contributed by atoms with Gasteiger partial charge in [-0.05, 0) is 23.7 Å². The van der Waals surface area contributed by atoms with E-state index in [0.29, 0.717) is 12.1 Å². The molecule has 0 radical (unpaired) electrons. The summed E-state index contributed by atoms with van der Waals surface area (Å²) in [5.41, 5.74) is 2.89. The Morgan fingerprint density at radius 3 is 2.16 bits per heavy atom. The summed E-state index contributed by atoms with van der Waals surface area (Å²) in [6.45, 7) is 4.43. The average molecular weight is 451 g/mol. The minimum absolute atomic E-state index is 0.119. The van der Waals surface area contributed by atoms with Crippen LogP contribution in [0.3, 0.4) is 0 Å². The third-order valence-corrected chi connectivity index (χ3v) is 5.11. The smallest absolute Gasteiger partial charge is 0.422 e. The first-order chi connectivity index (χ1) is 15.3. The van der Waals surface area contributed by atoms with Crippen LogP contribution < -0.4 is 15.4 Å². The van der Waals surface area contributed by atoms with Crippen LogP contribution in [0.2, 0.25) is 0 Å². The fourth-order valence-corrected chi connectivity index (χ4v) is 3.21. The minimum atomic E-state index is -4.41. The number of pyridine rings is 1. The molecule has 1 aliphatic heterocycles. The number of likely N-dealkylation sites (N-methyl/N-ethyl adjacent to an activating group) is 1. The average Bonchev–Trinajstić information content (AvgIpc) is 2.77. The molecule has 2 aromatic rings. The molecule has 0 aliphatic carbocycles. The molecule has 1 aliphatic rings. The first kappa shape index (κ1) is 23.8. The lowest BCUT2D eigenvalue weighted by Crippen LogP contribution is -2.43. The molecular formula is C22H28F3N5O2. The number of carbonyl (C=O) groups excluding carboxylic acids is 1. The Labute approximate surface area is 185 Å². The number of urea groups is 1. The molecule has 2 amide bonds. The van der Waals surface area contributed by atoms with Crippen molar-refractivity contribution in [3.8, 4) is 5.88 Å². The van der Waals surface area contributed by atoms with E-state index in [1.807, 2.05) is 12.1 Å². The van der Waals surface area contributed by atoms with Gasteiger partial charge < -0.3 is 20.3 Å². The van der Waals surface area contributed by atoms with Crippen LogP contribution in [0.25, 0.3) is 0 Å². The Bertz CT molecular complexity index is 851. The molecule has 1 aromatic heterocycles. The van der Waals surface area contributed by atoms with E-state index < -0.39 is 12.8 Å². The fourth-order valence-electron chi connectivity index (χ4n) is 3.21. The number of nitrogens with zero attached hydrogens (tertiary/aromatic N) is 3. The van der Waals surface area contributed by atoms with Gasteiger partial charge in [-0.15, -0.1) is 0 Å². The molecule has 1 aromatic carbocycles. The molecule has 0 saturated carbocycles. The van der Waals surface area contributed by atoms with Crippen molar-refractivity contribution in [1.82, 2.24) is 25.4 Å². The van der Waals surface area contributed by atoms with Gasteiger partial charge in [0.2, 0.25) is 5.88 Å². The van der Waals surface area contributed by atoms with Gasteiger partial charge in [-0.25, -0.2) is 9.78 Å². The number of halogens is 3. The number of alkyl halides is 3. The van der Waals surface area contributed by atoms with E-state index in [9.17, 15) is 18.0 Å². The number of amides is 2. The van der Waals surface area contributed by atoms with Crippen LogP contribution in [0, 0.1) is 0 Å². The highest BCUT2D eigenvalue weighted by molar-refractivity contribution is 5.73. The summed E-state index contributed by atoms with van der Waals surface area (Å²) in [4.78, 5) is 20.6. The van der Waals surface area contributed by atoms with E-state index in [1.54, 1.807) is 6.07 Å². The molecule has 1 fully saturated rings. The second-order valence-electron chi connectivity index (χ2n) is 7.84. The lowest BCUT2D eigenvalue weighted by Gasteiger charge is -2.32. The van der Waals surface area contributed by atoms with Crippen LogP contribution in [-0.4, -0.2) is 66.8 Å². The fraction of sp³-hybridized carbons (Fsp3) is 0.455. The highest BCUT2D eigenvalue weighted by Gasteiger charge is 2.28. The quantitative estimate of drug-likeness (QED) is 0.646. The van der Waals surface area contributed by atoms with E-state index in [2.05, 4.69) is 49.3 Å². The van der Waals surface area contributed by atoms with Gasteiger partial charge in [-0.3, -0.25) is 4.90 Å².